The first kappa shape index (κ1) is 14.3. The van der Waals surface area contributed by atoms with Gasteiger partial charge in [-0.2, -0.15) is 0 Å². The maximum absolute atomic E-state index is 11.7. The Morgan fingerprint density at radius 1 is 1.10 bits per heavy atom. The number of amides is 1. The number of hydrogen-bond donors (Lipinski definition) is 2. The Kier molecular flexibility index (Phi) is 4.61. The maximum Gasteiger partial charge on any atom is 0.223 e. The largest absolute Gasteiger partial charge is 0.355 e. The molecule has 1 aliphatic carbocycles. The summed E-state index contributed by atoms with van der Waals surface area (Å²) in [5.41, 5.74) is 0. The van der Waals surface area contributed by atoms with Crippen LogP contribution in [0.2, 0.25) is 0 Å². The molecule has 0 radical (unpaired) electrons. The lowest BCUT2D eigenvalue weighted by atomic mass is 9.97. The SMILES string of the molecule is CCCNC1CC2CCC(C1)N2CCNC(=O)C1CC1. The molecule has 4 heteroatoms. The molecule has 3 rings (SSSR count). The summed E-state index contributed by atoms with van der Waals surface area (Å²) < 4.78 is 0. The minimum atomic E-state index is 0.289. The summed E-state index contributed by atoms with van der Waals surface area (Å²) in [7, 11) is 0. The van der Waals surface area contributed by atoms with Crippen LogP contribution in [-0.2, 0) is 4.79 Å². The summed E-state index contributed by atoms with van der Waals surface area (Å²) in [6.45, 7) is 5.28. The predicted octanol–water partition coefficient (Wildman–Crippen LogP) is 1.51. The lowest BCUT2D eigenvalue weighted by Crippen LogP contribution is -2.51. The lowest BCUT2D eigenvalue weighted by molar-refractivity contribution is -0.122. The third-order valence-electron chi connectivity index (χ3n) is 5.18. The Morgan fingerprint density at radius 3 is 2.40 bits per heavy atom. The zero-order valence-electron chi connectivity index (χ0n) is 12.7. The van der Waals surface area contributed by atoms with Crippen molar-refractivity contribution in [1.82, 2.24) is 15.5 Å². The van der Waals surface area contributed by atoms with Crippen molar-refractivity contribution in [3.63, 3.8) is 0 Å². The van der Waals surface area contributed by atoms with Gasteiger partial charge < -0.3 is 10.6 Å². The normalized spacial score (nSPS) is 33.4. The van der Waals surface area contributed by atoms with E-state index in [-0.39, 0.29) is 5.91 Å². The van der Waals surface area contributed by atoms with Gasteiger partial charge in [0.25, 0.3) is 0 Å². The third kappa shape index (κ3) is 3.34. The van der Waals surface area contributed by atoms with Gasteiger partial charge in [0.2, 0.25) is 5.91 Å². The molecule has 3 aliphatic rings. The summed E-state index contributed by atoms with van der Waals surface area (Å²) in [4.78, 5) is 14.3. The first-order chi connectivity index (χ1) is 9.78. The molecule has 114 valence electrons. The van der Waals surface area contributed by atoms with E-state index in [1.54, 1.807) is 0 Å². The van der Waals surface area contributed by atoms with Gasteiger partial charge in [-0.15, -0.1) is 0 Å². The Bertz CT molecular complexity index is 329. The molecule has 0 spiro atoms. The number of carbonyl (C=O) groups excluding carboxylic acids is 1. The topological polar surface area (TPSA) is 44.4 Å². The Balaban J connectivity index is 1.41. The van der Waals surface area contributed by atoms with Gasteiger partial charge in [-0.1, -0.05) is 6.92 Å². The van der Waals surface area contributed by atoms with Crippen molar-refractivity contribution in [1.29, 1.82) is 0 Å². The van der Waals surface area contributed by atoms with Gasteiger partial charge in [-0.05, 0) is 51.5 Å². The molecule has 2 unspecified atom stereocenters. The molecule has 2 heterocycles. The highest BCUT2D eigenvalue weighted by atomic mass is 16.2. The molecule has 0 aromatic heterocycles. The van der Waals surface area contributed by atoms with Crippen LogP contribution in [0, 0.1) is 5.92 Å². The van der Waals surface area contributed by atoms with Crippen LogP contribution in [0.1, 0.15) is 51.9 Å². The zero-order chi connectivity index (χ0) is 13.9. The minimum absolute atomic E-state index is 0.289. The molecule has 2 aliphatic heterocycles. The average Bonchev–Trinajstić information content (AvgIpc) is 3.25. The molecule has 1 saturated carbocycles. The van der Waals surface area contributed by atoms with Crippen LogP contribution >= 0.6 is 0 Å². The van der Waals surface area contributed by atoms with E-state index in [2.05, 4.69) is 22.5 Å². The Labute approximate surface area is 122 Å². The highest BCUT2D eigenvalue weighted by Gasteiger charge is 2.40. The van der Waals surface area contributed by atoms with Crippen LogP contribution in [0.25, 0.3) is 0 Å². The fraction of sp³-hybridized carbons (Fsp3) is 0.938. The van der Waals surface area contributed by atoms with E-state index < -0.39 is 0 Å². The number of nitrogens with one attached hydrogen (secondary N) is 2. The molecule has 2 bridgehead atoms. The van der Waals surface area contributed by atoms with Gasteiger partial charge in [0.05, 0.1) is 0 Å². The monoisotopic (exact) mass is 279 g/mol. The predicted molar refractivity (Wildman–Crippen MR) is 80.6 cm³/mol. The van der Waals surface area contributed by atoms with E-state index in [9.17, 15) is 4.79 Å². The molecule has 3 fully saturated rings. The molecule has 2 atom stereocenters. The van der Waals surface area contributed by atoms with E-state index in [4.69, 9.17) is 0 Å². The Morgan fingerprint density at radius 2 is 1.80 bits per heavy atom. The quantitative estimate of drug-likeness (QED) is 0.742. The highest BCUT2D eigenvalue weighted by Crippen LogP contribution is 2.35. The van der Waals surface area contributed by atoms with Crippen molar-refractivity contribution < 1.29 is 4.79 Å². The second-order valence-electron chi connectivity index (χ2n) is 6.81. The molecule has 2 saturated heterocycles. The highest BCUT2D eigenvalue weighted by molar-refractivity contribution is 5.80. The van der Waals surface area contributed by atoms with Crippen LogP contribution in [0.3, 0.4) is 0 Å². The number of nitrogens with zero attached hydrogens (tertiary/aromatic N) is 1. The van der Waals surface area contributed by atoms with E-state index in [0.29, 0.717) is 5.92 Å². The molecular weight excluding hydrogens is 250 g/mol. The molecular formula is C16H29N3O. The van der Waals surface area contributed by atoms with Crippen LogP contribution < -0.4 is 10.6 Å². The minimum Gasteiger partial charge on any atom is -0.355 e. The van der Waals surface area contributed by atoms with Crippen LogP contribution in [0.4, 0.5) is 0 Å². The van der Waals surface area contributed by atoms with E-state index in [1.807, 2.05) is 0 Å². The van der Waals surface area contributed by atoms with Crippen molar-refractivity contribution in [2.24, 2.45) is 5.92 Å². The first-order valence-corrected chi connectivity index (χ1v) is 8.54. The number of carbonyl (C=O) groups is 1. The van der Waals surface area contributed by atoms with E-state index in [1.165, 1.54) is 32.1 Å². The second kappa shape index (κ2) is 6.44. The van der Waals surface area contributed by atoms with E-state index in [0.717, 1.165) is 50.6 Å². The van der Waals surface area contributed by atoms with Crippen LogP contribution in [0.5, 0.6) is 0 Å². The van der Waals surface area contributed by atoms with Gasteiger partial charge in [0, 0.05) is 37.1 Å². The van der Waals surface area contributed by atoms with Crippen molar-refractivity contribution in [3.8, 4) is 0 Å². The third-order valence-corrected chi connectivity index (χ3v) is 5.18. The number of rotatable bonds is 7. The van der Waals surface area contributed by atoms with Gasteiger partial charge in [0.1, 0.15) is 0 Å². The summed E-state index contributed by atoms with van der Waals surface area (Å²) in [5, 5.41) is 6.80. The molecule has 0 aromatic rings. The van der Waals surface area contributed by atoms with Gasteiger partial charge in [-0.3, -0.25) is 9.69 Å². The molecule has 1 amide bonds. The van der Waals surface area contributed by atoms with Crippen LogP contribution in [0.15, 0.2) is 0 Å². The van der Waals surface area contributed by atoms with Gasteiger partial charge >= 0.3 is 0 Å². The van der Waals surface area contributed by atoms with Crippen molar-refractivity contribution >= 4 is 5.91 Å². The molecule has 20 heavy (non-hydrogen) atoms. The fourth-order valence-electron chi connectivity index (χ4n) is 3.95. The zero-order valence-corrected chi connectivity index (χ0v) is 12.7. The van der Waals surface area contributed by atoms with Crippen LogP contribution in [-0.4, -0.2) is 48.6 Å². The van der Waals surface area contributed by atoms with Gasteiger partial charge in [-0.25, -0.2) is 0 Å². The lowest BCUT2D eigenvalue weighted by Gasteiger charge is -2.39. The summed E-state index contributed by atoms with van der Waals surface area (Å²) in [6.07, 6.45) is 8.73. The molecule has 0 aromatic carbocycles. The fourth-order valence-corrected chi connectivity index (χ4v) is 3.95. The van der Waals surface area contributed by atoms with Gasteiger partial charge in [0.15, 0.2) is 0 Å². The summed E-state index contributed by atoms with van der Waals surface area (Å²) >= 11 is 0. The molecule has 2 N–H and O–H groups in total. The number of fused-ring (bicyclic) bond motifs is 2. The van der Waals surface area contributed by atoms with Crippen molar-refractivity contribution in [2.45, 2.75) is 70.0 Å². The molecule has 4 nitrogen and oxygen atoms in total. The van der Waals surface area contributed by atoms with Crippen molar-refractivity contribution in [3.05, 3.63) is 0 Å². The summed E-state index contributed by atoms with van der Waals surface area (Å²) in [5.74, 6) is 0.632. The number of hydrogen-bond acceptors (Lipinski definition) is 3. The second-order valence-corrected chi connectivity index (χ2v) is 6.81. The number of piperidine rings is 1. The smallest absolute Gasteiger partial charge is 0.223 e. The maximum atomic E-state index is 11.7. The average molecular weight is 279 g/mol. The van der Waals surface area contributed by atoms with E-state index >= 15 is 0 Å². The standard InChI is InChI=1S/C16H29N3O/c1-2-7-17-13-10-14-5-6-15(11-13)19(14)9-8-18-16(20)12-3-4-12/h12-15,17H,2-11H2,1H3,(H,18,20). The van der Waals surface area contributed by atoms with Crippen molar-refractivity contribution in [2.75, 3.05) is 19.6 Å². The Hall–Kier alpha value is -0.610. The first-order valence-electron chi connectivity index (χ1n) is 8.54. The summed E-state index contributed by atoms with van der Waals surface area (Å²) in [6, 6.07) is 2.23.